The first kappa shape index (κ1) is 17.2. The zero-order valence-electron chi connectivity index (χ0n) is 14.5. The fraction of sp³-hybridized carbons (Fsp3) is 0.421. The van der Waals surface area contributed by atoms with Crippen LogP contribution in [-0.2, 0) is 14.3 Å². The number of fused-ring (bicyclic) bond motifs is 1. The number of ether oxygens (including phenoxy) is 1. The summed E-state index contributed by atoms with van der Waals surface area (Å²) in [6.07, 6.45) is 1.37. The van der Waals surface area contributed by atoms with Gasteiger partial charge in [-0.1, -0.05) is 18.2 Å². The number of aromatic amines is 1. The van der Waals surface area contributed by atoms with Gasteiger partial charge < -0.3 is 14.6 Å². The van der Waals surface area contributed by atoms with E-state index in [0.717, 1.165) is 10.9 Å². The normalized spacial score (nSPS) is 17.5. The Morgan fingerprint density at radius 2 is 2.04 bits per heavy atom. The number of benzene rings is 1. The smallest absolute Gasteiger partial charge is 0.310 e. The van der Waals surface area contributed by atoms with Crippen LogP contribution in [0.25, 0.3) is 10.9 Å². The SMILES string of the molecule is CCOC(=O)[C@H]1CCCN(C(=O)C(=O)c2c(C)[nH]c3ccccc23)C1. The number of hydrogen-bond acceptors (Lipinski definition) is 4. The van der Waals surface area contributed by atoms with Crippen molar-refractivity contribution in [3.8, 4) is 0 Å². The number of ketones is 1. The first-order valence-corrected chi connectivity index (χ1v) is 8.60. The van der Waals surface area contributed by atoms with Crippen molar-refractivity contribution in [3.63, 3.8) is 0 Å². The number of para-hydroxylation sites is 1. The van der Waals surface area contributed by atoms with Gasteiger partial charge in [0, 0.05) is 29.7 Å². The minimum absolute atomic E-state index is 0.241. The van der Waals surface area contributed by atoms with Gasteiger partial charge in [-0.2, -0.15) is 0 Å². The lowest BCUT2D eigenvalue weighted by molar-refractivity contribution is -0.150. The van der Waals surface area contributed by atoms with E-state index in [0.29, 0.717) is 37.3 Å². The van der Waals surface area contributed by atoms with E-state index in [4.69, 9.17) is 4.74 Å². The van der Waals surface area contributed by atoms with E-state index in [9.17, 15) is 14.4 Å². The second-order valence-electron chi connectivity index (χ2n) is 6.34. The molecule has 0 unspecified atom stereocenters. The van der Waals surface area contributed by atoms with Crippen LogP contribution >= 0.6 is 0 Å². The number of piperidine rings is 1. The van der Waals surface area contributed by atoms with E-state index in [1.54, 1.807) is 13.8 Å². The molecular weight excluding hydrogens is 320 g/mol. The molecule has 1 aliphatic rings. The quantitative estimate of drug-likeness (QED) is 0.526. The molecule has 2 aromatic rings. The Labute approximate surface area is 146 Å². The van der Waals surface area contributed by atoms with Gasteiger partial charge in [-0.3, -0.25) is 14.4 Å². The first-order chi connectivity index (χ1) is 12.0. The van der Waals surface area contributed by atoms with Gasteiger partial charge in [-0.25, -0.2) is 0 Å². The van der Waals surface area contributed by atoms with Gasteiger partial charge in [-0.15, -0.1) is 0 Å². The highest BCUT2D eigenvalue weighted by Crippen LogP contribution is 2.24. The number of Topliss-reactive ketones (excluding diaryl/α,β-unsaturated/α-hetero) is 1. The number of nitrogens with one attached hydrogen (secondary N) is 1. The molecule has 1 N–H and O–H groups in total. The molecule has 1 aromatic heterocycles. The number of carbonyl (C=O) groups excluding carboxylic acids is 3. The van der Waals surface area contributed by atoms with Gasteiger partial charge in [0.1, 0.15) is 0 Å². The molecule has 0 aliphatic carbocycles. The maximum absolute atomic E-state index is 12.8. The van der Waals surface area contributed by atoms with Crippen LogP contribution in [0.2, 0.25) is 0 Å². The monoisotopic (exact) mass is 342 g/mol. The van der Waals surface area contributed by atoms with Crippen LogP contribution in [0.3, 0.4) is 0 Å². The molecule has 0 radical (unpaired) electrons. The van der Waals surface area contributed by atoms with E-state index in [1.165, 1.54) is 4.90 Å². The van der Waals surface area contributed by atoms with Crippen LogP contribution in [0.5, 0.6) is 0 Å². The van der Waals surface area contributed by atoms with Crippen LogP contribution in [0, 0.1) is 12.8 Å². The van der Waals surface area contributed by atoms with Crippen molar-refractivity contribution in [2.45, 2.75) is 26.7 Å². The topological polar surface area (TPSA) is 79.5 Å². The van der Waals surface area contributed by atoms with Crippen LogP contribution < -0.4 is 0 Å². The van der Waals surface area contributed by atoms with Gasteiger partial charge >= 0.3 is 5.97 Å². The number of nitrogens with zero attached hydrogens (tertiary/aromatic N) is 1. The molecule has 132 valence electrons. The number of likely N-dealkylation sites (tertiary alicyclic amines) is 1. The van der Waals surface area contributed by atoms with Crippen LogP contribution in [0.15, 0.2) is 24.3 Å². The molecule has 0 bridgehead atoms. The number of rotatable bonds is 4. The zero-order valence-corrected chi connectivity index (χ0v) is 14.5. The van der Waals surface area contributed by atoms with Crippen molar-refractivity contribution in [1.82, 2.24) is 9.88 Å². The summed E-state index contributed by atoms with van der Waals surface area (Å²) < 4.78 is 5.05. The summed E-state index contributed by atoms with van der Waals surface area (Å²) >= 11 is 0. The van der Waals surface area contributed by atoms with Crippen LogP contribution in [0.1, 0.15) is 35.8 Å². The van der Waals surface area contributed by atoms with E-state index in [1.807, 2.05) is 24.3 Å². The van der Waals surface area contributed by atoms with Crippen molar-refractivity contribution in [2.75, 3.05) is 19.7 Å². The van der Waals surface area contributed by atoms with E-state index in [-0.39, 0.29) is 18.4 Å². The predicted molar refractivity (Wildman–Crippen MR) is 93.3 cm³/mol. The summed E-state index contributed by atoms with van der Waals surface area (Å²) in [5.41, 5.74) is 1.93. The number of carbonyl (C=O) groups is 3. The second kappa shape index (κ2) is 7.09. The predicted octanol–water partition coefficient (Wildman–Crippen LogP) is 2.46. The zero-order chi connectivity index (χ0) is 18.0. The van der Waals surface area contributed by atoms with Gasteiger partial charge in [0.05, 0.1) is 18.1 Å². The molecule has 0 spiro atoms. The minimum Gasteiger partial charge on any atom is -0.466 e. The largest absolute Gasteiger partial charge is 0.466 e. The lowest BCUT2D eigenvalue weighted by atomic mass is 9.97. The Morgan fingerprint density at radius 3 is 2.80 bits per heavy atom. The fourth-order valence-electron chi connectivity index (χ4n) is 3.43. The van der Waals surface area contributed by atoms with Gasteiger partial charge in [0.15, 0.2) is 0 Å². The Hall–Kier alpha value is -2.63. The first-order valence-electron chi connectivity index (χ1n) is 8.60. The standard InChI is InChI=1S/C19H22N2O4/c1-3-25-19(24)13-7-6-10-21(11-13)18(23)17(22)16-12(2)20-15-9-5-4-8-14(15)16/h4-5,8-9,13,20H,3,6-7,10-11H2,1-2H3/t13-/m0/s1. The van der Waals surface area contributed by atoms with Crippen molar-refractivity contribution >= 4 is 28.6 Å². The van der Waals surface area contributed by atoms with Gasteiger partial charge in [-0.05, 0) is 32.8 Å². The highest BCUT2D eigenvalue weighted by atomic mass is 16.5. The Balaban J connectivity index is 1.81. The van der Waals surface area contributed by atoms with Crippen molar-refractivity contribution in [1.29, 1.82) is 0 Å². The highest BCUT2D eigenvalue weighted by Gasteiger charge is 2.33. The lowest BCUT2D eigenvalue weighted by Crippen LogP contribution is -2.45. The highest BCUT2D eigenvalue weighted by molar-refractivity contribution is 6.45. The lowest BCUT2D eigenvalue weighted by Gasteiger charge is -2.31. The number of hydrogen-bond donors (Lipinski definition) is 1. The fourth-order valence-corrected chi connectivity index (χ4v) is 3.43. The number of aryl methyl sites for hydroxylation is 1. The van der Waals surface area contributed by atoms with E-state index >= 15 is 0 Å². The number of H-pyrrole nitrogens is 1. The molecule has 1 aliphatic heterocycles. The molecular formula is C19H22N2O4. The molecule has 1 amide bonds. The third-order valence-corrected chi connectivity index (χ3v) is 4.64. The molecule has 1 atom stereocenters. The Kier molecular flexibility index (Phi) is 4.88. The summed E-state index contributed by atoms with van der Waals surface area (Å²) in [7, 11) is 0. The molecule has 3 rings (SSSR count). The number of esters is 1. The van der Waals surface area contributed by atoms with E-state index in [2.05, 4.69) is 4.98 Å². The molecule has 6 nitrogen and oxygen atoms in total. The molecule has 25 heavy (non-hydrogen) atoms. The summed E-state index contributed by atoms with van der Waals surface area (Å²) in [6.45, 7) is 4.59. The third-order valence-electron chi connectivity index (χ3n) is 4.64. The minimum atomic E-state index is -0.554. The van der Waals surface area contributed by atoms with Crippen molar-refractivity contribution < 1.29 is 19.1 Å². The average Bonchev–Trinajstić information content (AvgIpc) is 2.96. The summed E-state index contributed by atoms with van der Waals surface area (Å²) in [6, 6.07) is 7.43. The number of amides is 1. The average molecular weight is 342 g/mol. The molecule has 0 saturated carbocycles. The van der Waals surface area contributed by atoms with E-state index < -0.39 is 11.7 Å². The molecule has 1 aromatic carbocycles. The molecule has 1 fully saturated rings. The molecule has 2 heterocycles. The van der Waals surface area contributed by atoms with Crippen molar-refractivity contribution in [2.24, 2.45) is 5.92 Å². The maximum atomic E-state index is 12.8. The van der Waals surface area contributed by atoms with Crippen LogP contribution in [0.4, 0.5) is 0 Å². The Morgan fingerprint density at radius 1 is 1.28 bits per heavy atom. The molecule has 1 saturated heterocycles. The maximum Gasteiger partial charge on any atom is 0.310 e. The van der Waals surface area contributed by atoms with Crippen LogP contribution in [-0.4, -0.2) is 47.2 Å². The second-order valence-corrected chi connectivity index (χ2v) is 6.34. The van der Waals surface area contributed by atoms with Crippen molar-refractivity contribution in [3.05, 3.63) is 35.5 Å². The van der Waals surface area contributed by atoms with Gasteiger partial charge in [0.25, 0.3) is 11.7 Å². The summed E-state index contributed by atoms with van der Waals surface area (Å²) in [5, 5.41) is 0.748. The number of aromatic nitrogens is 1. The summed E-state index contributed by atoms with van der Waals surface area (Å²) in [5.74, 6) is -1.73. The molecule has 6 heteroatoms. The third kappa shape index (κ3) is 3.29. The van der Waals surface area contributed by atoms with Gasteiger partial charge in [0.2, 0.25) is 0 Å². The summed E-state index contributed by atoms with van der Waals surface area (Å²) in [4.78, 5) is 42.1. The Bertz CT molecular complexity index is 824.